The second kappa shape index (κ2) is 4.19. The number of fused-ring (bicyclic) bond motifs is 1. The van der Waals surface area contributed by atoms with Crippen LogP contribution in [0, 0.1) is 5.92 Å². The molecule has 0 aromatic carbocycles. The van der Waals surface area contributed by atoms with Crippen molar-refractivity contribution < 1.29 is 0 Å². The van der Waals surface area contributed by atoms with E-state index >= 15 is 0 Å². The summed E-state index contributed by atoms with van der Waals surface area (Å²) in [6.45, 7) is 5.03. The maximum atomic E-state index is 11.7. The molecule has 1 atom stereocenters. The summed E-state index contributed by atoms with van der Waals surface area (Å²) in [5.41, 5.74) is 1.28. The van der Waals surface area contributed by atoms with Gasteiger partial charge in [0.25, 0.3) is 5.56 Å². The zero-order valence-electron chi connectivity index (χ0n) is 9.44. The standard InChI is InChI=1S/C12H18N2O/c1-3-10-7-13(2)9-11-5-4-6-12(15)14(11)8-10/h4-6,10H,3,7-9H2,1-2H3. The molecule has 0 N–H and O–H groups in total. The molecule has 0 radical (unpaired) electrons. The molecule has 82 valence electrons. The van der Waals surface area contributed by atoms with E-state index in [1.54, 1.807) is 6.07 Å². The molecule has 1 aliphatic heterocycles. The smallest absolute Gasteiger partial charge is 0.250 e. The van der Waals surface area contributed by atoms with Crippen LogP contribution in [-0.2, 0) is 13.1 Å². The monoisotopic (exact) mass is 206 g/mol. The van der Waals surface area contributed by atoms with Gasteiger partial charge < -0.3 is 9.47 Å². The van der Waals surface area contributed by atoms with Crippen LogP contribution in [0.15, 0.2) is 23.0 Å². The Morgan fingerprint density at radius 2 is 2.20 bits per heavy atom. The fourth-order valence-electron chi connectivity index (χ4n) is 2.26. The fourth-order valence-corrected chi connectivity index (χ4v) is 2.26. The van der Waals surface area contributed by atoms with Crippen molar-refractivity contribution in [1.29, 1.82) is 0 Å². The van der Waals surface area contributed by atoms with E-state index in [-0.39, 0.29) is 5.56 Å². The fraction of sp³-hybridized carbons (Fsp3) is 0.583. The molecular weight excluding hydrogens is 188 g/mol. The minimum absolute atomic E-state index is 0.140. The summed E-state index contributed by atoms with van der Waals surface area (Å²) in [4.78, 5) is 14.0. The maximum absolute atomic E-state index is 11.7. The Morgan fingerprint density at radius 1 is 1.40 bits per heavy atom. The number of pyridine rings is 1. The summed E-state index contributed by atoms with van der Waals surface area (Å²) >= 11 is 0. The van der Waals surface area contributed by atoms with E-state index in [0.29, 0.717) is 5.92 Å². The lowest BCUT2D eigenvalue weighted by Crippen LogP contribution is -2.25. The average molecular weight is 206 g/mol. The Hall–Kier alpha value is -1.09. The first-order valence-electron chi connectivity index (χ1n) is 5.58. The highest BCUT2D eigenvalue weighted by Gasteiger charge is 2.18. The lowest BCUT2D eigenvalue weighted by molar-refractivity contribution is 0.272. The van der Waals surface area contributed by atoms with Crippen molar-refractivity contribution >= 4 is 0 Å². The highest BCUT2D eigenvalue weighted by molar-refractivity contribution is 5.08. The van der Waals surface area contributed by atoms with Gasteiger partial charge >= 0.3 is 0 Å². The molecule has 15 heavy (non-hydrogen) atoms. The van der Waals surface area contributed by atoms with Crippen molar-refractivity contribution in [2.45, 2.75) is 26.4 Å². The quantitative estimate of drug-likeness (QED) is 0.692. The summed E-state index contributed by atoms with van der Waals surface area (Å²) < 4.78 is 1.93. The van der Waals surface area contributed by atoms with E-state index in [1.807, 2.05) is 10.6 Å². The van der Waals surface area contributed by atoms with Crippen LogP contribution in [0.2, 0.25) is 0 Å². The Bertz CT molecular complexity index is 397. The maximum Gasteiger partial charge on any atom is 0.250 e. The lowest BCUT2D eigenvalue weighted by atomic mass is 10.1. The number of hydrogen-bond donors (Lipinski definition) is 0. The van der Waals surface area contributed by atoms with Crippen molar-refractivity contribution in [3.8, 4) is 0 Å². The molecule has 0 saturated heterocycles. The van der Waals surface area contributed by atoms with Crippen LogP contribution < -0.4 is 5.56 Å². The highest BCUT2D eigenvalue weighted by atomic mass is 16.1. The third-order valence-corrected chi connectivity index (χ3v) is 3.16. The van der Waals surface area contributed by atoms with Crippen molar-refractivity contribution in [2.75, 3.05) is 13.6 Å². The summed E-state index contributed by atoms with van der Waals surface area (Å²) in [5, 5.41) is 0. The van der Waals surface area contributed by atoms with E-state index in [9.17, 15) is 4.79 Å². The summed E-state index contributed by atoms with van der Waals surface area (Å²) in [7, 11) is 2.12. The third-order valence-electron chi connectivity index (χ3n) is 3.16. The second-order valence-electron chi connectivity index (χ2n) is 4.44. The molecule has 0 bridgehead atoms. The van der Waals surface area contributed by atoms with Crippen LogP contribution in [0.25, 0.3) is 0 Å². The van der Waals surface area contributed by atoms with Gasteiger partial charge in [-0.15, -0.1) is 0 Å². The van der Waals surface area contributed by atoms with Gasteiger partial charge in [-0.3, -0.25) is 4.79 Å². The Balaban J connectivity index is 2.41. The first-order valence-corrected chi connectivity index (χ1v) is 5.58. The molecule has 0 aliphatic carbocycles. The van der Waals surface area contributed by atoms with Gasteiger partial charge in [0, 0.05) is 31.4 Å². The zero-order valence-corrected chi connectivity index (χ0v) is 9.44. The molecule has 1 aliphatic rings. The molecule has 3 heteroatoms. The van der Waals surface area contributed by atoms with E-state index in [0.717, 1.165) is 31.7 Å². The number of nitrogens with zero attached hydrogens (tertiary/aromatic N) is 2. The molecule has 2 heterocycles. The normalized spacial score (nSPS) is 22.1. The van der Waals surface area contributed by atoms with Crippen molar-refractivity contribution in [1.82, 2.24) is 9.47 Å². The van der Waals surface area contributed by atoms with E-state index in [1.165, 1.54) is 0 Å². The van der Waals surface area contributed by atoms with E-state index in [2.05, 4.69) is 24.9 Å². The molecule has 1 aromatic heterocycles. The summed E-state index contributed by atoms with van der Waals surface area (Å²) in [5.74, 6) is 0.594. The minimum atomic E-state index is 0.140. The predicted octanol–water partition coefficient (Wildman–Crippen LogP) is 1.32. The van der Waals surface area contributed by atoms with Crippen molar-refractivity contribution in [3.63, 3.8) is 0 Å². The van der Waals surface area contributed by atoms with Gasteiger partial charge in [-0.05, 0) is 19.0 Å². The predicted molar refractivity (Wildman–Crippen MR) is 60.8 cm³/mol. The highest BCUT2D eigenvalue weighted by Crippen LogP contribution is 2.15. The molecule has 0 amide bonds. The average Bonchev–Trinajstić information content (AvgIpc) is 2.37. The summed E-state index contributed by atoms with van der Waals surface area (Å²) in [6.07, 6.45) is 1.13. The van der Waals surface area contributed by atoms with E-state index < -0.39 is 0 Å². The van der Waals surface area contributed by atoms with Crippen molar-refractivity contribution in [3.05, 3.63) is 34.2 Å². The molecule has 3 nitrogen and oxygen atoms in total. The van der Waals surface area contributed by atoms with Crippen LogP contribution in [0.3, 0.4) is 0 Å². The van der Waals surface area contributed by atoms with Gasteiger partial charge in [0.15, 0.2) is 0 Å². The van der Waals surface area contributed by atoms with Crippen LogP contribution in [0.4, 0.5) is 0 Å². The Morgan fingerprint density at radius 3 is 2.93 bits per heavy atom. The first kappa shape index (κ1) is 10.4. The molecule has 0 fully saturated rings. The van der Waals surface area contributed by atoms with Gasteiger partial charge in [-0.25, -0.2) is 0 Å². The van der Waals surface area contributed by atoms with Crippen LogP contribution in [-0.4, -0.2) is 23.1 Å². The van der Waals surface area contributed by atoms with E-state index in [4.69, 9.17) is 0 Å². The van der Waals surface area contributed by atoms with Gasteiger partial charge in [0.1, 0.15) is 0 Å². The summed E-state index contributed by atoms with van der Waals surface area (Å²) in [6, 6.07) is 5.56. The minimum Gasteiger partial charge on any atom is -0.311 e. The number of rotatable bonds is 1. The Kier molecular flexibility index (Phi) is 2.91. The molecule has 1 unspecified atom stereocenters. The second-order valence-corrected chi connectivity index (χ2v) is 4.44. The van der Waals surface area contributed by atoms with Gasteiger partial charge in [0.05, 0.1) is 0 Å². The Labute approximate surface area is 90.3 Å². The zero-order chi connectivity index (χ0) is 10.8. The number of hydrogen-bond acceptors (Lipinski definition) is 2. The van der Waals surface area contributed by atoms with Gasteiger partial charge in [-0.1, -0.05) is 19.4 Å². The SMILES string of the molecule is CCC1CN(C)Cc2cccc(=O)n2C1. The largest absolute Gasteiger partial charge is 0.311 e. The third kappa shape index (κ3) is 2.12. The lowest BCUT2D eigenvalue weighted by Gasteiger charge is -2.17. The first-order chi connectivity index (χ1) is 7.20. The van der Waals surface area contributed by atoms with Gasteiger partial charge in [-0.2, -0.15) is 0 Å². The van der Waals surface area contributed by atoms with Crippen LogP contribution >= 0.6 is 0 Å². The number of aromatic nitrogens is 1. The topological polar surface area (TPSA) is 25.2 Å². The molecule has 1 aromatic rings. The molecular formula is C12H18N2O. The van der Waals surface area contributed by atoms with Crippen LogP contribution in [0.5, 0.6) is 0 Å². The van der Waals surface area contributed by atoms with Crippen molar-refractivity contribution in [2.24, 2.45) is 5.92 Å². The molecule has 0 saturated carbocycles. The molecule has 2 rings (SSSR count). The molecule has 0 spiro atoms. The van der Waals surface area contributed by atoms with Gasteiger partial charge in [0.2, 0.25) is 0 Å². The van der Waals surface area contributed by atoms with Crippen LogP contribution in [0.1, 0.15) is 19.0 Å².